The average molecular weight is 286 g/mol. The molecule has 0 saturated heterocycles. The summed E-state index contributed by atoms with van der Waals surface area (Å²) in [6, 6.07) is 7.04. The van der Waals surface area contributed by atoms with Gasteiger partial charge >= 0.3 is 0 Å². The molecule has 0 saturated carbocycles. The molecule has 1 amide bonds. The van der Waals surface area contributed by atoms with Crippen LogP contribution in [0.15, 0.2) is 24.3 Å². The van der Waals surface area contributed by atoms with Crippen LogP contribution in [0.25, 0.3) is 0 Å². The lowest BCUT2D eigenvalue weighted by Crippen LogP contribution is -2.38. The highest BCUT2D eigenvalue weighted by atomic mass is 35.5. The van der Waals surface area contributed by atoms with Crippen molar-refractivity contribution in [2.24, 2.45) is 0 Å². The molecule has 0 fully saturated rings. The number of halogens is 1. The molecular weight excluding hydrogens is 266 g/mol. The van der Waals surface area contributed by atoms with Crippen LogP contribution < -0.4 is 10.1 Å². The van der Waals surface area contributed by atoms with E-state index in [1.807, 2.05) is 6.92 Å². The first kappa shape index (κ1) is 15.8. The van der Waals surface area contributed by atoms with Crippen molar-refractivity contribution in [1.29, 1.82) is 0 Å². The summed E-state index contributed by atoms with van der Waals surface area (Å²) < 4.78 is 10.6. The topological polar surface area (TPSA) is 47.6 Å². The zero-order valence-corrected chi connectivity index (χ0v) is 12.1. The summed E-state index contributed by atoms with van der Waals surface area (Å²) in [5.41, 5.74) is 0. The Hall–Kier alpha value is -1.26. The Bertz CT molecular complexity index is 398. The Morgan fingerprint density at radius 1 is 1.47 bits per heavy atom. The van der Waals surface area contributed by atoms with E-state index >= 15 is 0 Å². The van der Waals surface area contributed by atoms with Crippen molar-refractivity contribution in [3.8, 4) is 5.75 Å². The zero-order chi connectivity index (χ0) is 14.1. The number of hydrogen-bond donors (Lipinski definition) is 1. The van der Waals surface area contributed by atoms with Crippen LogP contribution in [0.5, 0.6) is 5.75 Å². The van der Waals surface area contributed by atoms with Gasteiger partial charge in [-0.15, -0.1) is 0 Å². The molecular formula is C14H20ClNO3. The highest BCUT2D eigenvalue weighted by molar-refractivity contribution is 6.30. The molecule has 0 radical (unpaired) electrons. The standard InChI is InChI=1S/C14H20ClNO3/c1-3-13(14(17)16-8-5-9-18-2)19-12-7-4-6-11(15)10-12/h4,6-7,10,13H,3,5,8-9H2,1-2H3,(H,16,17). The SMILES string of the molecule is CCC(Oc1cccc(Cl)c1)C(=O)NCCCOC. The van der Waals surface area contributed by atoms with Gasteiger partial charge in [0.15, 0.2) is 6.10 Å². The van der Waals surface area contributed by atoms with Gasteiger partial charge in [0.2, 0.25) is 0 Å². The molecule has 1 aromatic carbocycles. The summed E-state index contributed by atoms with van der Waals surface area (Å²) in [4.78, 5) is 11.9. The van der Waals surface area contributed by atoms with Crippen LogP contribution >= 0.6 is 11.6 Å². The van der Waals surface area contributed by atoms with Gasteiger partial charge in [0.1, 0.15) is 5.75 Å². The van der Waals surface area contributed by atoms with Gasteiger partial charge in [0.05, 0.1) is 0 Å². The molecule has 106 valence electrons. The molecule has 0 spiro atoms. The summed E-state index contributed by atoms with van der Waals surface area (Å²) in [5, 5.41) is 3.42. The minimum Gasteiger partial charge on any atom is -0.481 e. The number of carbonyl (C=O) groups is 1. The van der Waals surface area contributed by atoms with E-state index in [9.17, 15) is 4.79 Å². The predicted molar refractivity (Wildman–Crippen MR) is 75.7 cm³/mol. The highest BCUT2D eigenvalue weighted by Crippen LogP contribution is 2.19. The van der Waals surface area contributed by atoms with Crippen LogP contribution in [0.1, 0.15) is 19.8 Å². The number of amides is 1. The number of hydrogen-bond acceptors (Lipinski definition) is 3. The van der Waals surface area contributed by atoms with Crippen LogP contribution in [-0.4, -0.2) is 32.3 Å². The molecule has 1 aromatic rings. The largest absolute Gasteiger partial charge is 0.481 e. The van der Waals surface area contributed by atoms with Crippen LogP contribution in [0, 0.1) is 0 Å². The predicted octanol–water partition coefficient (Wildman–Crippen LogP) is 2.65. The molecule has 1 atom stereocenters. The normalized spacial score (nSPS) is 11.9. The fourth-order valence-electron chi connectivity index (χ4n) is 1.57. The van der Waals surface area contributed by atoms with Gasteiger partial charge in [-0.3, -0.25) is 4.79 Å². The van der Waals surface area contributed by atoms with Crippen molar-refractivity contribution in [1.82, 2.24) is 5.32 Å². The maximum atomic E-state index is 11.9. The Morgan fingerprint density at radius 2 is 2.26 bits per heavy atom. The van der Waals surface area contributed by atoms with Crippen LogP contribution in [0.2, 0.25) is 5.02 Å². The molecule has 1 N–H and O–H groups in total. The molecule has 0 aromatic heterocycles. The van der Waals surface area contributed by atoms with Crippen molar-refractivity contribution >= 4 is 17.5 Å². The lowest BCUT2D eigenvalue weighted by molar-refractivity contribution is -0.128. The van der Waals surface area contributed by atoms with E-state index in [0.29, 0.717) is 30.3 Å². The molecule has 1 unspecified atom stereocenters. The molecule has 5 heteroatoms. The van der Waals surface area contributed by atoms with Crippen molar-refractivity contribution in [3.63, 3.8) is 0 Å². The second-order valence-corrected chi connectivity index (χ2v) is 4.55. The van der Waals surface area contributed by atoms with Gasteiger partial charge in [-0.05, 0) is 31.0 Å². The van der Waals surface area contributed by atoms with Gasteiger partial charge in [0, 0.05) is 25.3 Å². The van der Waals surface area contributed by atoms with Crippen molar-refractivity contribution in [2.75, 3.05) is 20.3 Å². The molecule has 0 aliphatic heterocycles. The van der Waals surface area contributed by atoms with Crippen LogP contribution in [-0.2, 0) is 9.53 Å². The maximum absolute atomic E-state index is 11.9. The fraction of sp³-hybridized carbons (Fsp3) is 0.500. The first-order chi connectivity index (χ1) is 9.17. The molecule has 0 aliphatic carbocycles. The third-order valence-corrected chi connectivity index (χ3v) is 2.80. The van der Waals surface area contributed by atoms with Gasteiger partial charge < -0.3 is 14.8 Å². The van der Waals surface area contributed by atoms with Gasteiger partial charge in [-0.1, -0.05) is 24.6 Å². The first-order valence-electron chi connectivity index (χ1n) is 6.36. The number of carbonyl (C=O) groups excluding carboxylic acids is 1. The number of ether oxygens (including phenoxy) is 2. The second kappa shape index (κ2) is 8.77. The smallest absolute Gasteiger partial charge is 0.261 e. The fourth-order valence-corrected chi connectivity index (χ4v) is 1.75. The first-order valence-corrected chi connectivity index (χ1v) is 6.74. The van der Waals surface area contributed by atoms with Gasteiger partial charge in [-0.2, -0.15) is 0 Å². The Balaban J connectivity index is 2.46. The molecule has 19 heavy (non-hydrogen) atoms. The lowest BCUT2D eigenvalue weighted by Gasteiger charge is -2.17. The molecule has 1 rings (SSSR count). The summed E-state index contributed by atoms with van der Waals surface area (Å²) in [5.74, 6) is 0.491. The minimum absolute atomic E-state index is 0.112. The van der Waals surface area contributed by atoms with Gasteiger partial charge in [-0.25, -0.2) is 0 Å². The van der Waals surface area contributed by atoms with E-state index in [0.717, 1.165) is 6.42 Å². The Labute approximate surface area is 119 Å². The number of nitrogens with one attached hydrogen (secondary N) is 1. The van der Waals surface area contributed by atoms with E-state index in [1.165, 1.54) is 0 Å². The summed E-state index contributed by atoms with van der Waals surface area (Å²) in [7, 11) is 1.64. The van der Waals surface area contributed by atoms with Crippen LogP contribution in [0.3, 0.4) is 0 Å². The van der Waals surface area contributed by atoms with E-state index in [1.54, 1.807) is 31.4 Å². The van der Waals surface area contributed by atoms with Crippen LogP contribution in [0.4, 0.5) is 0 Å². The van der Waals surface area contributed by atoms with E-state index in [-0.39, 0.29) is 5.91 Å². The molecule has 0 bridgehead atoms. The van der Waals surface area contributed by atoms with E-state index in [4.69, 9.17) is 21.1 Å². The summed E-state index contributed by atoms with van der Waals surface area (Å²) in [6.45, 7) is 3.12. The van der Waals surface area contributed by atoms with E-state index < -0.39 is 6.10 Å². The lowest BCUT2D eigenvalue weighted by atomic mass is 10.2. The van der Waals surface area contributed by atoms with Crippen molar-refractivity contribution in [2.45, 2.75) is 25.9 Å². The highest BCUT2D eigenvalue weighted by Gasteiger charge is 2.17. The Morgan fingerprint density at radius 3 is 2.89 bits per heavy atom. The Kier molecular flexibility index (Phi) is 7.30. The number of benzene rings is 1. The minimum atomic E-state index is -0.499. The van der Waals surface area contributed by atoms with Crippen molar-refractivity contribution < 1.29 is 14.3 Å². The second-order valence-electron chi connectivity index (χ2n) is 4.11. The van der Waals surface area contributed by atoms with Gasteiger partial charge in [0.25, 0.3) is 5.91 Å². The average Bonchev–Trinajstić information content (AvgIpc) is 2.41. The third-order valence-electron chi connectivity index (χ3n) is 2.56. The summed E-state index contributed by atoms with van der Waals surface area (Å²) in [6.07, 6.45) is 0.888. The number of rotatable bonds is 8. The summed E-state index contributed by atoms with van der Waals surface area (Å²) >= 11 is 5.87. The number of methoxy groups -OCH3 is 1. The molecule has 4 nitrogen and oxygen atoms in total. The molecule has 0 aliphatic rings. The zero-order valence-electron chi connectivity index (χ0n) is 11.3. The van der Waals surface area contributed by atoms with E-state index in [2.05, 4.69) is 5.32 Å². The maximum Gasteiger partial charge on any atom is 0.261 e. The quantitative estimate of drug-likeness (QED) is 0.747. The van der Waals surface area contributed by atoms with Crippen molar-refractivity contribution in [3.05, 3.63) is 29.3 Å². The third kappa shape index (κ3) is 5.94. The molecule has 0 heterocycles. The monoisotopic (exact) mass is 285 g/mol.